The minimum absolute atomic E-state index is 0.0795. The van der Waals surface area contributed by atoms with E-state index in [2.05, 4.69) is 163 Å². The van der Waals surface area contributed by atoms with Crippen molar-refractivity contribution in [2.75, 3.05) is 10.6 Å². The number of aromatic hydroxyl groups is 4. The Morgan fingerprint density at radius 2 is 0.714 bits per heavy atom. The quantitative estimate of drug-likeness (QED) is 0.0329. The topological polar surface area (TPSA) is 164 Å². The van der Waals surface area contributed by atoms with E-state index in [4.69, 9.17) is 0 Å². The van der Waals surface area contributed by atoms with Crippen molar-refractivity contribution in [3.8, 4) is 23.0 Å². The van der Waals surface area contributed by atoms with E-state index in [1.54, 1.807) is 84.9 Å². The van der Waals surface area contributed by atoms with Crippen molar-refractivity contribution in [1.82, 2.24) is 0 Å². The van der Waals surface area contributed by atoms with Crippen LogP contribution >= 0.6 is 0 Å². The van der Waals surface area contributed by atoms with E-state index in [9.17, 15) is 30.0 Å². The molecule has 0 bridgehead atoms. The third kappa shape index (κ3) is 21.5. The van der Waals surface area contributed by atoms with E-state index in [1.807, 2.05) is 48.8 Å². The lowest BCUT2D eigenvalue weighted by molar-refractivity contribution is -0.116. The molecule has 0 spiro atoms. The highest BCUT2D eigenvalue weighted by molar-refractivity contribution is 5.94. The maximum Gasteiger partial charge on any atom is 0.228 e. The SMILES string of the molecule is CCC(C)(C)c1ccc(CC(=O)Nc2ccccc2O)cc1.CCC(C)(C)c1ccc(CC=Nc2ccccc2O)cc1.CCC(C)c1ccc(CC(=O)Nc2ccccc2O)cc1.CCC(C)c1ccc(CC=Nc2ccccc2O)cc1. The standard InChI is InChI=1S/C19H23NO2.C19H23NO.C18H21NO2.C18H21NO/c1-4-19(2,3)15-11-9-14(10-12-15)13-18(22)20-16-7-5-6-8-17(16)21;1-4-19(2,3)16-11-9-15(10-12-16)13-14-20-17-7-5-6-8-18(17)21;1-3-13(2)15-10-8-14(9-11-15)12-18(21)19-16-6-4-5-7-17(16)20;1-3-14(2)16-10-8-15(9-11-16)12-13-19-17-6-4-5-7-18(17)20/h5-12,21H,4,13H2,1-3H3,(H,20,22);5-12,14,21H,4,13H2,1-3H3;4-11,13,20H,3,12H2,1-2H3,(H,19,21);4-11,13-14,20H,3,12H2,1-2H3. The Morgan fingerprint density at radius 1 is 0.417 bits per heavy atom. The van der Waals surface area contributed by atoms with E-state index >= 15 is 0 Å². The van der Waals surface area contributed by atoms with Crippen molar-refractivity contribution in [2.45, 2.75) is 143 Å². The summed E-state index contributed by atoms with van der Waals surface area (Å²) in [6, 6.07) is 61.4. The number of benzene rings is 8. The van der Waals surface area contributed by atoms with Gasteiger partial charge in [-0.25, -0.2) is 0 Å². The van der Waals surface area contributed by atoms with Gasteiger partial charge in [0.15, 0.2) is 0 Å². The van der Waals surface area contributed by atoms with Crippen LogP contribution in [0.3, 0.4) is 0 Å². The Hall–Kier alpha value is -8.76. The first-order valence-corrected chi connectivity index (χ1v) is 29.4. The molecule has 8 aromatic rings. The van der Waals surface area contributed by atoms with Gasteiger partial charge < -0.3 is 31.1 Å². The summed E-state index contributed by atoms with van der Waals surface area (Å²) in [6.45, 7) is 22.2. The van der Waals surface area contributed by atoms with Crippen LogP contribution in [-0.2, 0) is 46.1 Å². The number of carbonyl (C=O) groups is 2. The number of carbonyl (C=O) groups excluding carboxylic acids is 2. The molecule has 0 saturated heterocycles. The number of nitrogens with one attached hydrogen (secondary N) is 2. The molecule has 2 unspecified atom stereocenters. The summed E-state index contributed by atoms with van der Waals surface area (Å²) in [5, 5.41) is 44.0. The molecule has 6 N–H and O–H groups in total. The molecule has 8 aromatic carbocycles. The molecule has 10 heteroatoms. The summed E-state index contributed by atoms with van der Waals surface area (Å²) in [4.78, 5) is 32.6. The van der Waals surface area contributed by atoms with Crippen LogP contribution in [0.4, 0.5) is 22.7 Å². The van der Waals surface area contributed by atoms with Gasteiger partial charge >= 0.3 is 0 Å². The summed E-state index contributed by atoms with van der Waals surface area (Å²) in [7, 11) is 0. The zero-order valence-corrected chi connectivity index (χ0v) is 50.9. The molecule has 0 aliphatic carbocycles. The third-order valence-electron chi connectivity index (χ3n) is 15.5. The number of phenolic OH excluding ortho intramolecular Hbond substituents is 4. The van der Waals surface area contributed by atoms with Crippen LogP contribution < -0.4 is 10.6 Å². The van der Waals surface area contributed by atoms with Crippen LogP contribution in [0.5, 0.6) is 23.0 Å². The minimum atomic E-state index is -0.135. The van der Waals surface area contributed by atoms with Gasteiger partial charge in [0.2, 0.25) is 11.8 Å². The normalized spacial score (nSPS) is 11.9. The van der Waals surface area contributed by atoms with Crippen molar-refractivity contribution in [3.05, 3.63) is 239 Å². The van der Waals surface area contributed by atoms with Crippen molar-refractivity contribution >= 4 is 47.0 Å². The largest absolute Gasteiger partial charge is 0.506 e. The summed E-state index contributed by atoms with van der Waals surface area (Å²) in [6.07, 6.45) is 10.3. The maximum absolute atomic E-state index is 12.0. The number of nitrogens with zero attached hydrogens (tertiary/aromatic N) is 2. The first-order valence-electron chi connectivity index (χ1n) is 29.4. The lowest BCUT2D eigenvalue weighted by Crippen LogP contribution is -2.16. The fourth-order valence-corrected chi connectivity index (χ4v) is 8.56. The predicted molar refractivity (Wildman–Crippen MR) is 351 cm³/mol. The molecule has 0 aliphatic heterocycles. The Balaban J connectivity index is 0.000000205. The number of hydrogen-bond donors (Lipinski definition) is 6. The Labute approximate surface area is 500 Å². The van der Waals surface area contributed by atoms with Gasteiger partial charge in [0.1, 0.15) is 34.4 Å². The number of para-hydroxylation sites is 8. The van der Waals surface area contributed by atoms with Crippen molar-refractivity contribution in [3.63, 3.8) is 0 Å². The van der Waals surface area contributed by atoms with Crippen LogP contribution in [0.25, 0.3) is 0 Å². The van der Waals surface area contributed by atoms with Gasteiger partial charge in [0, 0.05) is 25.3 Å². The fraction of sp³-hybridized carbons (Fsp3) is 0.297. The van der Waals surface area contributed by atoms with Crippen LogP contribution in [0.1, 0.15) is 151 Å². The van der Waals surface area contributed by atoms with Gasteiger partial charge in [-0.1, -0.05) is 215 Å². The number of anilines is 2. The first-order chi connectivity index (χ1) is 40.2. The molecule has 0 heterocycles. The molecule has 0 fully saturated rings. The monoisotopic (exact) mass is 1130 g/mol. The van der Waals surface area contributed by atoms with Crippen LogP contribution in [0.15, 0.2) is 204 Å². The number of rotatable bonds is 20. The van der Waals surface area contributed by atoms with E-state index in [0.29, 0.717) is 47.4 Å². The Kier molecular flexibility index (Phi) is 26.2. The van der Waals surface area contributed by atoms with Gasteiger partial charge in [-0.2, -0.15) is 0 Å². The molecule has 10 nitrogen and oxygen atoms in total. The number of aliphatic imine (C=N–C) groups is 2. The van der Waals surface area contributed by atoms with Crippen LogP contribution in [0, 0.1) is 0 Å². The molecular formula is C74H88N4O6. The average molecular weight is 1130 g/mol. The lowest BCUT2D eigenvalue weighted by atomic mass is 9.82. The number of hydrogen-bond acceptors (Lipinski definition) is 8. The number of phenols is 4. The van der Waals surface area contributed by atoms with Crippen molar-refractivity contribution in [1.29, 1.82) is 0 Å². The van der Waals surface area contributed by atoms with Gasteiger partial charge in [-0.05, 0) is 141 Å². The van der Waals surface area contributed by atoms with E-state index in [-0.39, 0.29) is 45.6 Å². The molecule has 8 rings (SSSR count). The maximum atomic E-state index is 12.0. The van der Waals surface area contributed by atoms with Crippen molar-refractivity contribution in [2.24, 2.45) is 9.98 Å². The molecule has 84 heavy (non-hydrogen) atoms. The molecular weight excluding hydrogens is 1040 g/mol. The van der Waals surface area contributed by atoms with Gasteiger partial charge in [0.25, 0.3) is 0 Å². The molecule has 2 amide bonds. The average Bonchev–Trinajstić information content (AvgIpc) is 3.53. The van der Waals surface area contributed by atoms with Crippen molar-refractivity contribution < 1.29 is 30.0 Å². The Bertz CT molecular complexity index is 3330. The van der Waals surface area contributed by atoms with Gasteiger partial charge in [0.05, 0.1) is 24.2 Å². The lowest BCUT2D eigenvalue weighted by Gasteiger charge is -2.23. The summed E-state index contributed by atoms with van der Waals surface area (Å²) >= 11 is 0. The first kappa shape index (κ1) is 66.0. The molecule has 440 valence electrons. The summed E-state index contributed by atoms with van der Waals surface area (Å²) in [5.41, 5.74) is 12.2. The second-order valence-electron chi connectivity index (χ2n) is 22.5. The van der Waals surface area contributed by atoms with E-state index < -0.39 is 0 Å². The molecule has 0 radical (unpaired) electrons. The minimum Gasteiger partial charge on any atom is -0.506 e. The predicted octanol–water partition coefficient (Wildman–Crippen LogP) is 18.2. The fourth-order valence-electron chi connectivity index (χ4n) is 8.56. The highest BCUT2D eigenvalue weighted by atomic mass is 16.3. The highest BCUT2D eigenvalue weighted by Crippen LogP contribution is 2.30. The summed E-state index contributed by atoms with van der Waals surface area (Å²) in [5.74, 6) is 1.48. The van der Waals surface area contributed by atoms with E-state index in [0.717, 1.165) is 49.7 Å². The zero-order valence-electron chi connectivity index (χ0n) is 50.9. The number of amides is 2. The Morgan fingerprint density at radius 3 is 1.04 bits per heavy atom. The zero-order chi connectivity index (χ0) is 61.1. The molecule has 0 saturated carbocycles. The smallest absolute Gasteiger partial charge is 0.228 e. The highest BCUT2D eigenvalue weighted by Gasteiger charge is 2.19. The van der Waals surface area contributed by atoms with Crippen LogP contribution in [-0.4, -0.2) is 44.7 Å². The molecule has 0 aliphatic rings. The van der Waals surface area contributed by atoms with Crippen LogP contribution in [0.2, 0.25) is 0 Å². The van der Waals surface area contributed by atoms with Gasteiger partial charge in [-0.3, -0.25) is 19.6 Å². The summed E-state index contributed by atoms with van der Waals surface area (Å²) < 4.78 is 0. The second kappa shape index (κ2) is 33.4. The third-order valence-corrected chi connectivity index (χ3v) is 15.5. The second-order valence-corrected chi connectivity index (χ2v) is 22.5. The van der Waals surface area contributed by atoms with Gasteiger partial charge in [-0.15, -0.1) is 0 Å². The molecule has 0 aromatic heterocycles. The molecule has 2 atom stereocenters. The van der Waals surface area contributed by atoms with E-state index in [1.165, 1.54) is 33.4 Å².